The first-order valence-electron chi connectivity index (χ1n) is 9.48. The van der Waals surface area contributed by atoms with Gasteiger partial charge in [-0.2, -0.15) is 0 Å². The molecule has 2 aromatic heterocycles. The Balaban J connectivity index is 1.57. The summed E-state index contributed by atoms with van der Waals surface area (Å²) in [5.74, 6) is -0.653. The van der Waals surface area contributed by atoms with E-state index in [1.807, 2.05) is 0 Å². The maximum absolute atomic E-state index is 12.9. The largest absolute Gasteiger partial charge is 0.503 e. The summed E-state index contributed by atoms with van der Waals surface area (Å²) in [6, 6.07) is 6.03. The number of aliphatic hydroxyl groups is 1. The number of ether oxygens (including phenoxy) is 1. The van der Waals surface area contributed by atoms with Crippen LogP contribution in [0.5, 0.6) is 0 Å². The van der Waals surface area contributed by atoms with E-state index in [4.69, 9.17) is 13.6 Å². The molecule has 0 radical (unpaired) electrons. The average molecular weight is 398 g/mol. The van der Waals surface area contributed by atoms with E-state index in [1.54, 1.807) is 24.3 Å². The summed E-state index contributed by atoms with van der Waals surface area (Å²) in [5.41, 5.74) is 0.00901. The van der Waals surface area contributed by atoms with Crippen molar-refractivity contribution in [3.63, 3.8) is 0 Å². The third kappa shape index (κ3) is 4.03. The Hall–Kier alpha value is -3.10. The molecule has 0 bridgehead atoms. The van der Waals surface area contributed by atoms with Crippen molar-refractivity contribution in [2.75, 3.05) is 39.4 Å². The van der Waals surface area contributed by atoms with Gasteiger partial charge in [-0.1, -0.05) is 0 Å². The van der Waals surface area contributed by atoms with Crippen molar-refractivity contribution >= 4 is 17.8 Å². The molecule has 2 aromatic rings. The Kier molecular flexibility index (Phi) is 5.64. The molecule has 0 saturated carbocycles. The Morgan fingerprint density at radius 1 is 1.14 bits per heavy atom. The first-order valence-corrected chi connectivity index (χ1v) is 9.48. The highest BCUT2D eigenvalue weighted by Crippen LogP contribution is 2.38. The minimum Gasteiger partial charge on any atom is -0.503 e. The average Bonchev–Trinajstić information content (AvgIpc) is 3.49. The summed E-state index contributed by atoms with van der Waals surface area (Å²) >= 11 is 0. The molecule has 0 aromatic carbocycles. The first-order chi connectivity index (χ1) is 14.1. The number of nitrogens with zero attached hydrogens (tertiary/aromatic N) is 2. The second-order valence-corrected chi connectivity index (χ2v) is 6.85. The molecule has 4 rings (SSSR count). The van der Waals surface area contributed by atoms with Gasteiger partial charge in [0, 0.05) is 26.2 Å². The van der Waals surface area contributed by atoms with Gasteiger partial charge in [-0.25, -0.2) is 0 Å². The van der Waals surface area contributed by atoms with E-state index in [9.17, 15) is 14.7 Å². The maximum atomic E-state index is 12.9. The number of amides is 1. The molecule has 152 valence electrons. The predicted octanol–water partition coefficient (Wildman–Crippen LogP) is 2.18. The molecular formula is C21H22N2O6. The second kappa shape index (κ2) is 8.50. The molecule has 2 aliphatic rings. The number of rotatable bonds is 7. The van der Waals surface area contributed by atoms with Crippen molar-refractivity contribution in [2.45, 2.75) is 6.04 Å². The topological polar surface area (TPSA) is 96.4 Å². The summed E-state index contributed by atoms with van der Waals surface area (Å²) in [4.78, 5) is 29.3. The van der Waals surface area contributed by atoms with Gasteiger partial charge in [0.05, 0.1) is 31.3 Å². The lowest BCUT2D eigenvalue weighted by Crippen LogP contribution is -2.43. The van der Waals surface area contributed by atoms with Crippen LogP contribution in [0.1, 0.15) is 17.6 Å². The van der Waals surface area contributed by atoms with E-state index < -0.39 is 23.5 Å². The minimum absolute atomic E-state index is 0.00901. The van der Waals surface area contributed by atoms with Crippen molar-refractivity contribution in [2.24, 2.45) is 0 Å². The number of morpholine rings is 1. The van der Waals surface area contributed by atoms with Crippen LogP contribution in [-0.4, -0.2) is 66.0 Å². The summed E-state index contributed by atoms with van der Waals surface area (Å²) in [6.07, 6.45) is 5.77. The van der Waals surface area contributed by atoms with Crippen LogP contribution in [0.25, 0.3) is 6.08 Å². The maximum Gasteiger partial charge on any atom is 0.290 e. The van der Waals surface area contributed by atoms with Crippen LogP contribution in [0.15, 0.2) is 63.0 Å². The van der Waals surface area contributed by atoms with Crippen LogP contribution in [0.2, 0.25) is 0 Å². The number of aliphatic hydroxyl groups excluding tert-OH is 1. The van der Waals surface area contributed by atoms with Crippen LogP contribution in [0.3, 0.4) is 0 Å². The fourth-order valence-electron chi connectivity index (χ4n) is 3.59. The molecule has 8 heteroatoms. The number of furan rings is 2. The second-order valence-electron chi connectivity index (χ2n) is 6.85. The summed E-state index contributed by atoms with van der Waals surface area (Å²) in [6.45, 7) is 3.84. The fourth-order valence-corrected chi connectivity index (χ4v) is 3.59. The SMILES string of the molecule is O=C(/C=C/c1ccco1)C1=C(O)C(=O)N(CCN2CCOCC2)C1c1ccco1. The molecule has 2 aliphatic heterocycles. The molecule has 4 heterocycles. The fraction of sp³-hybridized carbons (Fsp3) is 0.333. The first kappa shape index (κ1) is 19.2. The van der Waals surface area contributed by atoms with Crippen molar-refractivity contribution in [1.82, 2.24) is 9.80 Å². The van der Waals surface area contributed by atoms with Gasteiger partial charge in [0.1, 0.15) is 17.6 Å². The van der Waals surface area contributed by atoms with Crippen LogP contribution in [0.4, 0.5) is 0 Å². The van der Waals surface area contributed by atoms with Crippen molar-refractivity contribution < 1.29 is 28.3 Å². The number of ketones is 1. The third-order valence-corrected chi connectivity index (χ3v) is 5.08. The number of carbonyl (C=O) groups excluding carboxylic acids is 2. The van der Waals surface area contributed by atoms with Gasteiger partial charge in [0.2, 0.25) is 0 Å². The summed E-state index contributed by atoms with van der Waals surface area (Å²) in [5, 5.41) is 10.5. The predicted molar refractivity (Wildman–Crippen MR) is 103 cm³/mol. The van der Waals surface area contributed by atoms with Gasteiger partial charge >= 0.3 is 0 Å². The van der Waals surface area contributed by atoms with E-state index in [2.05, 4.69) is 4.90 Å². The van der Waals surface area contributed by atoms with E-state index in [0.29, 0.717) is 37.8 Å². The zero-order valence-corrected chi connectivity index (χ0v) is 15.8. The van der Waals surface area contributed by atoms with Gasteiger partial charge < -0.3 is 23.6 Å². The van der Waals surface area contributed by atoms with Gasteiger partial charge in [-0.3, -0.25) is 14.5 Å². The zero-order valence-electron chi connectivity index (χ0n) is 15.8. The molecule has 1 fully saturated rings. The Morgan fingerprint density at radius 3 is 2.59 bits per heavy atom. The summed E-state index contributed by atoms with van der Waals surface area (Å²) < 4.78 is 16.0. The van der Waals surface area contributed by atoms with Crippen LogP contribution in [0, 0.1) is 0 Å². The number of carbonyl (C=O) groups is 2. The smallest absolute Gasteiger partial charge is 0.290 e. The number of hydrogen-bond acceptors (Lipinski definition) is 7. The molecule has 0 spiro atoms. The molecule has 1 atom stereocenters. The third-order valence-electron chi connectivity index (χ3n) is 5.08. The highest BCUT2D eigenvalue weighted by molar-refractivity contribution is 6.14. The Labute approximate surface area is 167 Å². The van der Waals surface area contributed by atoms with Gasteiger partial charge in [0.25, 0.3) is 5.91 Å². The van der Waals surface area contributed by atoms with E-state index >= 15 is 0 Å². The number of allylic oxidation sites excluding steroid dienone is 1. The molecule has 29 heavy (non-hydrogen) atoms. The lowest BCUT2D eigenvalue weighted by atomic mass is 10.0. The molecule has 1 N–H and O–H groups in total. The van der Waals surface area contributed by atoms with Gasteiger partial charge in [-0.05, 0) is 36.4 Å². The molecule has 1 saturated heterocycles. The monoisotopic (exact) mass is 398 g/mol. The highest BCUT2D eigenvalue weighted by atomic mass is 16.5. The van der Waals surface area contributed by atoms with Crippen molar-refractivity contribution in [1.29, 1.82) is 0 Å². The quantitative estimate of drug-likeness (QED) is 0.714. The lowest BCUT2D eigenvalue weighted by molar-refractivity contribution is -0.130. The van der Waals surface area contributed by atoms with Gasteiger partial charge in [0.15, 0.2) is 11.5 Å². The van der Waals surface area contributed by atoms with Crippen molar-refractivity contribution in [3.8, 4) is 0 Å². The van der Waals surface area contributed by atoms with Crippen molar-refractivity contribution in [3.05, 3.63) is 65.7 Å². The molecule has 1 amide bonds. The Bertz CT molecular complexity index is 907. The van der Waals surface area contributed by atoms with Crippen LogP contribution >= 0.6 is 0 Å². The standard InChI is InChI=1S/C21H22N2O6/c24-16(6-5-15-3-1-11-28-15)18-19(17-4-2-12-29-17)23(21(26)20(18)25)8-7-22-9-13-27-14-10-22/h1-6,11-12,19,25H,7-10,13-14H2/b6-5+. The normalized spacial score (nSPS) is 20.9. The molecule has 0 aliphatic carbocycles. The van der Waals surface area contributed by atoms with E-state index in [1.165, 1.54) is 29.6 Å². The zero-order chi connectivity index (χ0) is 20.2. The summed E-state index contributed by atoms with van der Waals surface area (Å²) in [7, 11) is 0. The Morgan fingerprint density at radius 2 is 1.90 bits per heavy atom. The lowest BCUT2D eigenvalue weighted by Gasteiger charge is -2.30. The van der Waals surface area contributed by atoms with Gasteiger partial charge in [-0.15, -0.1) is 0 Å². The molecule has 1 unspecified atom stereocenters. The molecular weight excluding hydrogens is 376 g/mol. The highest BCUT2D eigenvalue weighted by Gasteiger charge is 2.44. The van der Waals surface area contributed by atoms with Crippen LogP contribution in [-0.2, 0) is 14.3 Å². The van der Waals surface area contributed by atoms with E-state index in [-0.39, 0.29) is 5.57 Å². The number of hydrogen-bond donors (Lipinski definition) is 1. The minimum atomic E-state index is -0.771. The van der Waals surface area contributed by atoms with E-state index in [0.717, 1.165) is 13.1 Å². The van der Waals surface area contributed by atoms with Crippen LogP contribution < -0.4 is 0 Å². The molecule has 8 nitrogen and oxygen atoms in total.